The van der Waals surface area contributed by atoms with Gasteiger partial charge in [0.05, 0.1) is 18.0 Å². The van der Waals surface area contributed by atoms with Crippen molar-refractivity contribution in [2.45, 2.75) is 19.1 Å². The van der Waals surface area contributed by atoms with Crippen LogP contribution in [0, 0.1) is 0 Å². The van der Waals surface area contributed by atoms with Gasteiger partial charge in [0.15, 0.2) is 0 Å². The van der Waals surface area contributed by atoms with Gasteiger partial charge in [-0.3, -0.25) is 4.99 Å². The molecule has 1 atom stereocenters. The van der Waals surface area contributed by atoms with Crippen LogP contribution in [0.2, 0.25) is 10.0 Å². The van der Waals surface area contributed by atoms with Crippen LogP contribution in [0.5, 0.6) is 0 Å². The molecule has 5 rings (SSSR count). The molecule has 1 unspecified atom stereocenters. The topological polar surface area (TPSA) is 50.2 Å². The van der Waals surface area contributed by atoms with Crippen molar-refractivity contribution >= 4 is 40.5 Å². The molecule has 0 bridgehead atoms. The van der Waals surface area contributed by atoms with E-state index in [1.807, 2.05) is 42.5 Å². The Balaban J connectivity index is 1.60. The summed E-state index contributed by atoms with van der Waals surface area (Å²) < 4.78 is 14.7. The van der Waals surface area contributed by atoms with Crippen LogP contribution in [-0.4, -0.2) is 21.9 Å². The fourth-order valence-electron chi connectivity index (χ4n) is 3.72. The van der Waals surface area contributed by atoms with E-state index < -0.39 is 6.17 Å². The van der Waals surface area contributed by atoms with Crippen LogP contribution in [0.3, 0.4) is 0 Å². The molecule has 154 valence electrons. The molecule has 0 fully saturated rings. The number of anilines is 2. The fourth-order valence-corrected chi connectivity index (χ4v) is 4.02. The standard InChI is InChI=1S/C24H17Cl2FN4/c25-15-5-8-17(9-6-15)30-24-29-13-14-12-28-23(19-3-1-2-4-21(19)27)20-11-16(26)7-10-18(20)22(14)31-24/h1-3,5-11,13,21H,4,12H2,(H,29,30,31). The van der Waals surface area contributed by atoms with Crippen molar-refractivity contribution in [3.05, 3.63) is 93.6 Å². The number of nitrogens with zero attached hydrogens (tertiary/aromatic N) is 3. The third kappa shape index (κ3) is 3.99. The van der Waals surface area contributed by atoms with Crippen LogP contribution in [0.4, 0.5) is 16.0 Å². The number of hydrogen-bond acceptors (Lipinski definition) is 4. The van der Waals surface area contributed by atoms with E-state index in [1.54, 1.807) is 24.4 Å². The Hall–Kier alpha value is -3.02. The third-order valence-corrected chi connectivity index (χ3v) is 5.72. The van der Waals surface area contributed by atoms with Crippen LogP contribution in [0.25, 0.3) is 11.3 Å². The first-order valence-corrected chi connectivity index (χ1v) is 10.6. The van der Waals surface area contributed by atoms with E-state index in [0.29, 0.717) is 40.2 Å². The molecule has 1 aliphatic carbocycles. The van der Waals surface area contributed by atoms with Crippen molar-refractivity contribution in [3.8, 4) is 11.3 Å². The minimum Gasteiger partial charge on any atom is -0.324 e. The van der Waals surface area contributed by atoms with Crippen LogP contribution < -0.4 is 5.32 Å². The van der Waals surface area contributed by atoms with Crippen LogP contribution >= 0.6 is 23.2 Å². The molecule has 3 aromatic rings. The number of allylic oxidation sites excluding steroid dienone is 4. The summed E-state index contributed by atoms with van der Waals surface area (Å²) in [5, 5.41) is 4.42. The zero-order valence-electron chi connectivity index (χ0n) is 16.3. The Morgan fingerprint density at radius 2 is 1.81 bits per heavy atom. The molecule has 0 amide bonds. The summed E-state index contributed by atoms with van der Waals surface area (Å²) in [6.07, 6.45) is 6.46. The highest BCUT2D eigenvalue weighted by Gasteiger charge is 2.26. The van der Waals surface area contributed by atoms with Gasteiger partial charge in [-0.25, -0.2) is 14.4 Å². The molecule has 0 radical (unpaired) electrons. The van der Waals surface area contributed by atoms with Crippen molar-refractivity contribution in [1.29, 1.82) is 0 Å². The predicted molar refractivity (Wildman–Crippen MR) is 124 cm³/mol. The van der Waals surface area contributed by atoms with E-state index in [4.69, 9.17) is 33.2 Å². The molecule has 0 saturated heterocycles. The SMILES string of the molecule is FC1CC=CC=C1C1=NCc2cnc(Nc3ccc(Cl)cc3)nc2-c2ccc(Cl)cc21. The minimum absolute atomic E-state index is 0.336. The maximum atomic E-state index is 14.7. The Bertz CT molecular complexity index is 1250. The molecule has 4 nitrogen and oxygen atoms in total. The van der Waals surface area contributed by atoms with E-state index in [2.05, 4.69) is 10.3 Å². The van der Waals surface area contributed by atoms with Crippen molar-refractivity contribution in [1.82, 2.24) is 9.97 Å². The maximum Gasteiger partial charge on any atom is 0.227 e. The van der Waals surface area contributed by atoms with Crippen molar-refractivity contribution in [2.24, 2.45) is 4.99 Å². The number of benzene rings is 2. The number of alkyl halides is 1. The molecular formula is C24H17Cl2FN4. The average molecular weight is 451 g/mol. The number of aliphatic imine (C=N–C) groups is 1. The zero-order chi connectivity index (χ0) is 21.4. The van der Waals surface area contributed by atoms with Crippen molar-refractivity contribution < 1.29 is 4.39 Å². The van der Waals surface area contributed by atoms with Gasteiger partial charge in [0.1, 0.15) is 6.17 Å². The van der Waals surface area contributed by atoms with Crippen LogP contribution in [-0.2, 0) is 6.54 Å². The highest BCUT2D eigenvalue weighted by molar-refractivity contribution is 6.31. The molecule has 2 aromatic carbocycles. The van der Waals surface area contributed by atoms with E-state index in [9.17, 15) is 4.39 Å². The molecular weight excluding hydrogens is 434 g/mol. The third-order valence-electron chi connectivity index (χ3n) is 5.23. The quantitative estimate of drug-likeness (QED) is 0.481. The first-order chi connectivity index (χ1) is 15.1. The van der Waals surface area contributed by atoms with Crippen LogP contribution in [0.1, 0.15) is 17.5 Å². The average Bonchev–Trinajstić information content (AvgIpc) is 2.92. The summed E-state index contributed by atoms with van der Waals surface area (Å²) in [6.45, 7) is 0.353. The summed E-state index contributed by atoms with van der Waals surface area (Å²) >= 11 is 12.3. The monoisotopic (exact) mass is 450 g/mol. The summed E-state index contributed by atoms with van der Waals surface area (Å²) in [7, 11) is 0. The van der Waals surface area contributed by atoms with Gasteiger partial charge in [-0.2, -0.15) is 0 Å². The largest absolute Gasteiger partial charge is 0.324 e. The summed E-state index contributed by atoms with van der Waals surface area (Å²) in [5.74, 6) is 0.452. The van der Waals surface area contributed by atoms with E-state index >= 15 is 0 Å². The number of hydrogen-bond donors (Lipinski definition) is 1. The highest BCUT2D eigenvalue weighted by Crippen LogP contribution is 2.35. The Labute approximate surface area is 189 Å². The van der Waals surface area contributed by atoms with Gasteiger partial charge >= 0.3 is 0 Å². The number of nitrogens with one attached hydrogen (secondary N) is 1. The van der Waals surface area contributed by atoms with Crippen molar-refractivity contribution in [2.75, 3.05) is 5.32 Å². The van der Waals surface area contributed by atoms with Gasteiger partial charge in [0, 0.05) is 50.6 Å². The number of rotatable bonds is 3. The summed E-state index contributed by atoms with van der Waals surface area (Å²) in [4.78, 5) is 14.0. The maximum absolute atomic E-state index is 14.7. The Kier molecular flexibility index (Phi) is 5.30. The summed E-state index contributed by atoms with van der Waals surface area (Å²) in [6, 6.07) is 12.8. The molecule has 1 aliphatic heterocycles. The lowest BCUT2D eigenvalue weighted by Gasteiger charge is -2.18. The molecule has 1 aromatic heterocycles. The number of aromatic nitrogens is 2. The molecule has 7 heteroatoms. The minimum atomic E-state index is -1.11. The first kappa shape index (κ1) is 19.9. The van der Waals surface area contributed by atoms with Crippen molar-refractivity contribution in [3.63, 3.8) is 0 Å². The van der Waals surface area contributed by atoms with Gasteiger partial charge in [0.25, 0.3) is 0 Å². The first-order valence-electron chi connectivity index (χ1n) is 9.83. The number of fused-ring (bicyclic) bond motifs is 3. The van der Waals surface area contributed by atoms with Gasteiger partial charge in [0.2, 0.25) is 5.95 Å². The van der Waals surface area contributed by atoms with E-state index in [1.165, 1.54) is 0 Å². The summed E-state index contributed by atoms with van der Waals surface area (Å²) in [5.41, 5.74) is 5.23. The molecule has 2 heterocycles. The molecule has 31 heavy (non-hydrogen) atoms. The lowest BCUT2D eigenvalue weighted by atomic mass is 9.90. The second-order valence-corrected chi connectivity index (χ2v) is 8.18. The number of halogens is 3. The zero-order valence-corrected chi connectivity index (χ0v) is 17.8. The fraction of sp³-hybridized carbons (Fsp3) is 0.125. The van der Waals surface area contributed by atoms with Gasteiger partial charge < -0.3 is 5.32 Å². The lowest BCUT2D eigenvalue weighted by molar-refractivity contribution is 0.392. The Morgan fingerprint density at radius 1 is 1.00 bits per heavy atom. The smallest absolute Gasteiger partial charge is 0.227 e. The van der Waals surface area contributed by atoms with Gasteiger partial charge in [-0.1, -0.05) is 47.5 Å². The van der Waals surface area contributed by atoms with Gasteiger partial charge in [-0.15, -0.1) is 0 Å². The highest BCUT2D eigenvalue weighted by atomic mass is 35.5. The molecule has 1 N–H and O–H groups in total. The van der Waals surface area contributed by atoms with E-state index in [-0.39, 0.29) is 0 Å². The second kappa shape index (κ2) is 8.25. The van der Waals surface area contributed by atoms with Crippen LogP contribution in [0.15, 0.2) is 77.5 Å². The lowest BCUT2D eigenvalue weighted by Crippen LogP contribution is -2.17. The second-order valence-electron chi connectivity index (χ2n) is 7.31. The van der Waals surface area contributed by atoms with E-state index in [0.717, 1.165) is 28.1 Å². The normalized spacial score (nSPS) is 17.2. The molecule has 0 spiro atoms. The van der Waals surface area contributed by atoms with Gasteiger partial charge in [-0.05, 0) is 36.4 Å². The Morgan fingerprint density at radius 3 is 2.61 bits per heavy atom. The molecule has 2 aliphatic rings. The molecule has 0 saturated carbocycles. The predicted octanol–water partition coefficient (Wildman–Crippen LogP) is 6.72.